The minimum atomic E-state index is -0.388. The molecule has 0 fully saturated rings. The second kappa shape index (κ2) is 3.72. The summed E-state index contributed by atoms with van der Waals surface area (Å²) in [5.41, 5.74) is 1.09. The molecular formula is C9H12N4O2. The zero-order valence-corrected chi connectivity index (χ0v) is 8.32. The number of rotatable bonds is 2. The smallest absolute Gasteiger partial charge is 0.325 e. The number of H-pyrrole nitrogens is 2. The molecule has 0 saturated carbocycles. The molecule has 1 atom stereocenters. The summed E-state index contributed by atoms with van der Waals surface area (Å²) in [6.45, 7) is 1.91. The van der Waals surface area contributed by atoms with E-state index in [-0.39, 0.29) is 17.5 Å². The van der Waals surface area contributed by atoms with E-state index in [4.69, 9.17) is 0 Å². The van der Waals surface area contributed by atoms with Gasteiger partial charge in [0.25, 0.3) is 0 Å². The number of hydrogen-bond acceptors (Lipinski definition) is 4. The van der Waals surface area contributed by atoms with Gasteiger partial charge in [0, 0.05) is 24.3 Å². The predicted molar refractivity (Wildman–Crippen MR) is 56.5 cm³/mol. The monoisotopic (exact) mass is 208 g/mol. The summed E-state index contributed by atoms with van der Waals surface area (Å²) in [5, 5.41) is 17.1. The lowest BCUT2D eigenvalue weighted by atomic mass is 9.98. The first-order valence-electron chi connectivity index (χ1n) is 4.72. The van der Waals surface area contributed by atoms with Crippen molar-refractivity contribution in [1.29, 1.82) is 0 Å². The normalized spacial score (nSPS) is 20.3. The molecule has 3 N–H and O–H groups in total. The van der Waals surface area contributed by atoms with Crippen LogP contribution in [0.4, 0.5) is 0 Å². The van der Waals surface area contributed by atoms with E-state index >= 15 is 0 Å². The highest BCUT2D eigenvalue weighted by Crippen LogP contribution is 2.17. The average molecular weight is 208 g/mol. The van der Waals surface area contributed by atoms with Crippen molar-refractivity contribution in [2.24, 2.45) is 16.1 Å². The third-order valence-corrected chi connectivity index (χ3v) is 2.31. The highest BCUT2D eigenvalue weighted by Gasteiger charge is 2.15. The Hall–Kier alpha value is -1.85. The maximum atomic E-state index is 10.9. The highest BCUT2D eigenvalue weighted by molar-refractivity contribution is 5.87. The van der Waals surface area contributed by atoms with Gasteiger partial charge >= 0.3 is 5.69 Å². The van der Waals surface area contributed by atoms with Crippen LogP contribution in [0.2, 0.25) is 0 Å². The lowest BCUT2D eigenvalue weighted by molar-refractivity contribution is 0.446. The molecule has 0 radical (unpaired) electrons. The average Bonchev–Trinajstić information content (AvgIpc) is 2.45. The zero-order chi connectivity index (χ0) is 10.8. The molecule has 1 aromatic rings. The molecular weight excluding hydrogens is 196 g/mol. The number of imidazole rings is 1. The second-order valence-corrected chi connectivity index (χ2v) is 3.67. The van der Waals surface area contributed by atoms with Gasteiger partial charge in [-0.3, -0.25) is 4.98 Å². The standard InChI is InChI=1S/C9H12N4O2/c1-5-2-6(4-10-13-5)3-7-8(14)12-9(15)11-7/h4,6,14H,2-3H2,1H3,(H2,11,12,15). The van der Waals surface area contributed by atoms with Crippen LogP contribution in [-0.4, -0.2) is 27.0 Å². The van der Waals surface area contributed by atoms with Crippen LogP contribution >= 0.6 is 0 Å². The SMILES string of the molecule is CC1=NN=CC(Cc2[nH]c(=O)[nH]c2O)C1. The Morgan fingerprint density at radius 2 is 2.40 bits per heavy atom. The van der Waals surface area contributed by atoms with Crippen LogP contribution in [0.15, 0.2) is 15.0 Å². The molecule has 1 aliphatic heterocycles. The van der Waals surface area contributed by atoms with Gasteiger partial charge in [-0.1, -0.05) is 0 Å². The highest BCUT2D eigenvalue weighted by atomic mass is 16.3. The van der Waals surface area contributed by atoms with Gasteiger partial charge in [-0.05, 0) is 13.3 Å². The van der Waals surface area contributed by atoms with Crippen LogP contribution in [0, 0.1) is 5.92 Å². The fraction of sp³-hybridized carbons (Fsp3) is 0.444. The lowest BCUT2D eigenvalue weighted by Crippen LogP contribution is -2.14. The minimum absolute atomic E-state index is 0.0893. The van der Waals surface area contributed by atoms with Crippen LogP contribution in [0.25, 0.3) is 0 Å². The van der Waals surface area contributed by atoms with E-state index in [0.29, 0.717) is 12.1 Å². The van der Waals surface area contributed by atoms with E-state index in [1.54, 1.807) is 6.21 Å². The van der Waals surface area contributed by atoms with Gasteiger partial charge in [-0.25, -0.2) is 4.79 Å². The Morgan fingerprint density at radius 1 is 1.60 bits per heavy atom. The predicted octanol–water partition coefficient (Wildman–Crippen LogP) is 0.418. The van der Waals surface area contributed by atoms with E-state index in [1.165, 1.54) is 0 Å². The lowest BCUT2D eigenvalue weighted by Gasteiger charge is -2.12. The van der Waals surface area contributed by atoms with Crippen LogP contribution in [0.5, 0.6) is 5.88 Å². The third kappa shape index (κ3) is 2.15. The van der Waals surface area contributed by atoms with Crippen molar-refractivity contribution < 1.29 is 5.11 Å². The van der Waals surface area contributed by atoms with Gasteiger partial charge in [-0.15, -0.1) is 0 Å². The summed E-state index contributed by atoms with van der Waals surface area (Å²) in [6.07, 6.45) is 3.09. The molecule has 15 heavy (non-hydrogen) atoms. The molecule has 0 bridgehead atoms. The Balaban J connectivity index is 2.10. The van der Waals surface area contributed by atoms with Crippen LogP contribution < -0.4 is 5.69 Å². The quantitative estimate of drug-likeness (QED) is 0.656. The molecule has 6 heteroatoms. The van der Waals surface area contributed by atoms with Crippen molar-refractivity contribution in [2.45, 2.75) is 19.8 Å². The van der Waals surface area contributed by atoms with Crippen molar-refractivity contribution >= 4 is 11.9 Å². The molecule has 2 rings (SSSR count). The molecule has 1 unspecified atom stereocenters. The number of aromatic amines is 2. The van der Waals surface area contributed by atoms with E-state index in [2.05, 4.69) is 20.2 Å². The topological polar surface area (TPSA) is 93.6 Å². The van der Waals surface area contributed by atoms with Gasteiger partial charge in [0.1, 0.15) is 0 Å². The van der Waals surface area contributed by atoms with Crippen molar-refractivity contribution in [3.05, 3.63) is 16.2 Å². The molecule has 0 amide bonds. The molecule has 0 spiro atoms. The van der Waals surface area contributed by atoms with E-state index in [1.807, 2.05) is 6.92 Å². The van der Waals surface area contributed by atoms with Crippen LogP contribution in [0.1, 0.15) is 19.0 Å². The number of hydrogen-bond donors (Lipinski definition) is 3. The maximum Gasteiger partial charge on any atom is 0.325 e. The van der Waals surface area contributed by atoms with Crippen LogP contribution in [0.3, 0.4) is 0 Å². The summed E-state index contributed by atoms with van der Waals surface area (Å²) >= 11 is 0. The summed E-state index contributed by atoms with van der Waals surface area (Å²) in [6, 6.07) is 0. The largest absolute Gasteiger partial charge is 0.493 e. The van der Waals surface area contributed by atoms with E-state index < -0.39 is 0 Å². The molecule has 0 aromatic carbocycles. The fourth-order valence-corrected chi connectivity index (χ4v) is 1.64. The molecule has 2 heterocycles. The number of aromatic nitrogens is 2. The fourth-order valence-electron chi connectivity index (χ4n) is 1.64. The van der Waals surface area contributed by atoms with Crippen molar-refractivity contribution in [3.63, 3.8) is 0 Å². The number of nitrogens with one attached hydrogen (secondary N) is 2. The summed E-state index contributed by atoms with van der Waals surface area (Å²) < 4.78 is 0. The van der Waals surface area contributed by atoms with Gasteiger partial charge in [0.05, 0.1) is 5.69 Å². The second-order valence-electron chi connectivity index (χ2n) is 3.67. The summed E-state index contributed by atoms with van der Waals surface area (Å²) in [5.74, 6) is 0.0911. The van der Waals surface area contributed by atoms with Crippen LogP contribution in [-0.2, 0) is 6.42 Å². The Labute approximate surface area is 85.8 Å². The summed E-state index contributed by atoms with van der Waals surface area (Å²) in [7, 11) is 0. The van der Waals surface area contributed by atoms with Gasteiger partial charge in [0.2, 0.25) is 5.88 Å². The maximum absolute atomic E-state index is 10.9. The molecule has 6 nitrogen and oxygen atoms in total. The van der Waals surface area contributed by atoms with Crippen molar-refractivity contribution in [3.8, 4) is 5.88 Å². The Morgan fingerprint density at radius 3 is 3.00 bits per heavy atom. The first-order valence-corrected chi connectivity index (χ1v) is 4.72. The van der Waals surface area contributed by atoms with Crippen molar-refractivity contribution in [1.82, 2.24) is 9.97 Å². The first-order chi connectivity index (χ1) is 7.15. The van der Waals surface area contributed by atoms with E-state index in [9.17, 15) is 9.90 Å². The van der Waals surface area contributed by atoms with Crippen molar-refractivity contribution in [2.75, 3.05) is 0 Å². The summed E-state index contributed by atoms with van der Waals surface area (Å²) in [4.78, 5) is 15.7. The van der Waals surface area contributed by atoms with E-state index in [0.717, 1.165) is 12.1 Å². The molecule has 1 aromatic heterocycles. The molecule has 1 aliphatic rings. The van der Waals surface area contributed by atoms with Gasteiger partial charge in [0.15, 0.2) is 0 Å². The van der Waals surface area contributed by atoms with Gasteiger partial charge in [-0.2, -0.15) is 10.2 Å². The van der Waals surface area contributed by atoms with Gasteiger partial charge < -0.3 is 10.1 Å². The first kappa shape index (κ1) is 9.70. The molecule has 0 aliphatic carbocycles. The molecule has 80 valence electrons. The zero-order valence-electron chi connectivity index (χ0n) is 8.32. The Bertz CT molecular complexity index is 469. The minimum Gasteiger partial charge on any atom is -0.493 e. The number of nitrogens with zero attached hydrogens (tertiary/aromatic N) is 2. The Kier molecular flexibility index (Phi) is 2.40. The molecule has 0 saturated heterocycles. The number of aromatic hydroxyl groups is 1. The third-order valence-electron chi connectivity index (χ3n) is 2.31.